The van der Waals surface area contributed by atoms with Crippen LogP contribution in [0.2, 0.25) is 0 Å². The lowest BCUT2D eigenvalue weighted by atomic mass is 9.94. The molecule has 0 aromatic carbocycles. The van der Waals surface area contributed by atoms with Gasteiger partial charge in [0.25, 0.3) is 0 Å². The standard InChI is InChI=1S/C13H22O4/c1-16-10-3-2-4-11(7-10)17-9-13(5-6-13)8-12(14)15/h10-11H,2-9H2,1H3,(H,14,15). The number of carboxylic acid groups (broad SMARTS) is 1. The molecule has 17 heavy (non-hydrogen) atoms. The second-order valence-electron chi connectivity index (χ2n) is 5.53. The number of aliphatic carboxylic acids is 1. The third-order valence-electron chi connectivity index (χ3n) is 4.02. The molecule has 0 aromatic heterocycles. The predicted molar refractivity (Wildman–Crippen MR) is 62.9 cm³/mol. The molecular weight excluding hydrogens is 220 g/mol. The monoisotopic (exact) mass is 242 g/mol. The molecule has 1 N–H and O–H groups in total. The van der Waals surface area contributed by atoms with Crippen LogP contribution >= 0.6 is 0 Å². The van der Waals surface area contributed by atoms with Gasteiger partial charge in [-0.15, -0.1) is 0 Å². The second-order valence-corrected chi connectivity index (χ2v) is 5.53. The van der Waals surface area contributed by atoms with E-state index in [4.69, 9.17) is 14.6 Å². The highest BCUT2D eigenvalue weighted by molar-refractivity contribution is 5.68. The van der Waals surface area contributed by atoms with Crippen molar-refractivity contribution in [2.45, 2.75) is 57.2 Å². The summed E-state index contributed by atoms with van der Waals surface area (Å²) < 4.78 is 11.3. The lowest BCUT2D eigenvalue weighted by Crippen LogP contribution is -2.29. The molecule has 4 nitrogen and oxygen atoms in total. The first kappa shape index (κ1) is 12.8. The van der Waals surface area contributed by atoms with Crippen LogP contribution in [0, 0.1) is 5.41 Å². The summed E-state index contributed by atoms with van der Waals surface area (Å²) in [5, 5.41) is 8.83. The van der Waals surface area contributed by atoms with Crippen molar-refractivity contribution in [2.75, 3.05) is 13.7 Å². The molecule has 0 aromatic rings. The molecule has 98 valence electrons. The Morgan fingerprint density at radius 2 is 2.06 bits per heavy atom. The van der Waals surface area contributed by atoms with Crippen molar-refractivity contribution in [3.05, 3.63) is 0 Å². The van der Waals surface area contributed by atoms with Crippen LogP contribution in [-0.2, 0) is 14.3 Å². The van der Waals surface area contributed by atoms with E-state index in [0.29, 0.717) is 12.7 Å². The Morgan fingerprint density at radius 1 is 1.35 bits per heavy atom. The molecule has 0 aliphatic heterocycles. The first-order valence-corrected chi connectivity index (χ1v) is 6.50. The third kappa shape index (κ3) is 3.68. The summed E-state index contributed by atoms with van der Waals surface area (Å²) in [5.41, 5.74) is -0.0498. The van der Waals surface area contributed by atoms with Gasteiger partial charge in [-0.3, -0.25) is 4.79 Å². The normalized spacial score (nSPS) is 31.1. The third-order valence-corrected chi connectivity index (χ3v) is 4.02. The zero-order valence-electron chi connectivity index (χ0n) is 10.5. The maximum absolute atomic E-state index is 10.7. The molecule has 2 aliphatic rings. The van der Waals surface area contributed by atoms with E-state index in [1.165, 1.54) is 0 Å². The zero-order valence-corrected chi connectivity index (χ0v) is 10.5. The second kappa shape index (κ2) is 5.36. The number of methoxy groups -OCH3 is 1. The van der Waals surface area contributed by atoms with Crippen molar-refractivity contribution in [1.82, 2.24) is 0 Å². The fourth-order valence-electron chi connectivity index (χ4n) is 2.63. The van der Waals surface area contributed by atoms with E-state index >= 15 is 0 Å². The van der Waals surface area contributed by atoms with Crippen molar-refractivity contribution in [2.24, 2.45) is 5.41 Å². The van der Waals surface area contributed by atoms with Gasteiger partial charge in [0.2, 0.25) is 0 Å². The van der Waals surface area contributed by atoms with E-state index in [2.05, 4.69) is 0 Å². The summed E-state index contributed by atoms with van der Waals surface area (Å²) in [6.45, 7) is 0.612. The van der Waals surface area contributed by atoms with E-state index in [1.807, 2.05) is 0 Å². The summed E-state index contributed by atoms with van der Waals surface area (Å²) in [4.78, 5) is 10.7. The fourth-order valence-corrected chi connectivity index (χ4v) is 2.63. The molecule has 2 unspecified atom stereocenters. The summed E-state index contributed by atoms with van der Waals surface area (Å²) >= 11 is 0. The van der Waals surface area contributed by atoms with Gasteiger partial charge in [0.05, 0.1) is 25.2 Å². The number of hydrogen-bond acceptors (Lipinski definition) is 3. The maximum Gasteiger partial charge on any atom is 0.303 e. The Morgan fingerprint density at radius 3 is 2.65 bits per heavy atom. The van der Waals surface area contributed by atoms with Gasteiger partial charge in [0, 0.05) is 12.5 Å². The topological polar surface area (TPSA) is 55.8 Å². The highest BCUT2D eigenvalue weighted by atomic mass is 16.5. The highest BCUT2D eigenvalue weighted by Gasteiger charge is 2.45. The Kier molecular flexibility index (Phi) is 4.05. The van der Waals surface area contributed by atoms with Gasteiger partial charge < -0.3 is 14.6 Å². The van der Waals surface area contributed by atoms with E-state index in [0.717, 1.165) is 38.5 Å². The smallest absolute Gasteiger partial charge is 0.303 e. The highest BCUT2D eigenvalue weighted by Crippen LogP contribution is 2.49. The lowest BCUT2D eigenvalue weighted by Gasteiger charge is -2.29. The zero-order chi connectivity index (χ0) is 12.3. The van der Waals surface area contributed by atoms with Crippen LogP contribution in [0.4, 0.5) is 0 Å². The van der Waals surface area contributed by atoms with Gasteiger partial charge in [0.1, 0.15) is 0 Å². The molecule has 4 heteroatoms. The molecule has 2 fully saturated rings. The molecule has 0 bridgehead atoms. The van der Waals surface area contributed by atoms with E-state index < -0.39 is 5.97 Å². The van der Waals surface area contributed by atoms with Crippen molar-refractivity contribution < 1.29 is 19.4 Å². The first-order valence-electron chi connectivity index (χ1n) is 6.50. The number of carbonyl (C=O) groups is 1. The first-order chi connectivity index (χ1) is 8.13. The van der Waals surface area contributed by atoms with Crippen molar-refractivity contribution in [1.29, 1.82) is 0 Å². The minimum absolute atomic E-state index is 0.0498. The van der Waals surface area contributed by atoms with Crippen LogP contribution in [0.5, 0.6) is 0 Å². The predicted octanol–water partition coefficient (Wildman–Crippen LogP) is 2.22. The maximum atomic E-state index is 10.7. The Balaban J connectivity index is 1.72. The molecule has 2 saturated carbocycles. The Bertz CT molecular complexity index is 273. The SMILES string of the molecule is COC1CCCC(OCC2(CC(=O)O)CC2)C1. The molecule has 2 atom stereocenters. The van der Waals surface area contributed by atoms with Crippen LogP contribution in [-0.4, -0.2) is 37.0 Å². The van der Waals surface area contributed by atoms with E-state index in [9.17, 15) is 4.79 Å². The van der Waals surface area contributed by atoms with Crippen molar-refractivity contribution >= 4 is 5.97 Å². The lowest BCUT2D eigenvalue weighted by molar-refractivity contribution is -0.139. The largest absolute Gasteiger partial charge is 0.481 e. The molecule has 0 saturated heterocycles. The van der Waals surface area contributed by atoms with Crippen LogP contribution in [0.3, 0.4) is 0 Å². The molecule has 0 amide bonds. The van der Waals surface area contributed by atoms with Gasteiger partial charge in [-0.25, -0.2) is 0 Å². The summed E-state index contributed by atoms with van der Waals surface area (Å²) in [7, 11) is 1.75. The van der Waals surface area contributed by atoms with Gasteiger partial charge in [0.15, 0.2) is 0 Å². The van der Waals surface area contributed by atoms with Crippen molar-refractivity contribution in [3.8, 4) is 0 Å². The van der Waals surface area contributed by atoms with E-state index in [1.54, 1.807) is 7.11 Å². The fraction of sp³-hybridized carbons (Fsp3) is 0.923. The van der Waals surface area contributed by atoms with Gasteiger partial charge in [-0.1, -0.05) is 0 Å². The van der Waals surface area contributed by atoms with Gasteiger partial charge in [-0.05, 0) is 38.5 Å². The molecule has 0 heterocycles. The summed E-state index contributed by atoms with van der Waals surface area (Å²) in [6.07, 6.45) is 7.16. The van der Waals surface area contributed by atoms with E-state index in [-0.39, 0.29) is 17.9 Å². The molecule has 0 spiro atoms. The molecular formula is C13H22O4. The van der Waals surface area contributed by atoms with Crippen LogP contribution in [0.15, 0.2) is 0 Å². The average molecular weight is 242 g/mol. The summed E-state index contributed by atoms with van der Waals surface area (Å²) in [5.74, 6) is -0.704. The quantitative estimate of drug-likeness (QED) is 0.776. The van der Waals surface area contributed by atoms with Crippen LogP contribution in [0.1, 0.15) is 44.9 Å². The Labute approximate surface area is 102 Å². The average Bonchev–Trinajstić information content (AvgIpc) is 3.06. The number of hydrogen-bond donors (Lipinski definition) is 1. The number of rotatable bonds is 6. The van der Waals surface area contributed by atoms with Crippen LogP contribution < -0.4 is 0 Å². The molecule has 0 radical (unpaired) electrons. The van der Waals surface area contributed by atoms with Gasteiger partial charge >= 0.3 is 5.97 Å². The minimum Gasteiger partial charge on any atom is -0.481 e. The number of ether oxygens (including phenoxy) is 2. The van der Waals surface area contributed by atoms with Gasteiger partial charge in [-0.2, -0.15) is 0 Å². The minimum atomic E-state index is -0.704. The molecule has 2 aliphatic carbocycles. The Hall–Kier alpha value is -0.610. The van der Waals surface area contributed by atoms with Crippen molar-refractivity contribution in [3.63, 3.8) is 0 Å². The molecule has 2 rings (SSSR count). The summed E-state index contributed by atoms with van der Waals surface area (Å²) in [6, 6.07) is 0. The van der Waals surface area contributed by atoms with Crippen LogP contribution in [0.25, 0.3) is 0 Å². The number of carboxylic acids is 1.